The maximum atomic E-state index is 5.02. The lowest BCUT2D eigenvalue weighted by atomic mass is 10.3. The molecule has 0 fully saturated rings. The molecule has 0 amide bonds. The van der Waals surface area contributed by atoms with Crippen LogP contribution in [-0.2, 0) is 4.74 Å². The normalized spacial score (nSPS) is 10.6. The van der Waals surface area contributed by atoms with E-state index in [1.165, 1.54) is 18.5 Å². The quantitative estimate of drug-likeness (QED) is 0.646. The van der Waals surface area contributed by atoms with Gasteiger partial charge in [0.25, 0.3) is 0 Å². The lowest BCUT2D eigenvalue weighted by Crippen LogP contribution is -2.24. The SMILES string of the molecule is COCCCCNCCCN(C)c1ccccc1. The van der Waals surface area contributed by atoms with Crippen molar-refractivity contribution in [1.29, 1.82) is 0 Å². The van der Waals surface area contributed by atoms with Gasteiger partial charge in [-0.15, -0.1) is 0 Å². The van der Waals surface area contributed by atoms with E-state index in [1.54, 1.807) is 7.11 Å². The summed E-state index contributed by atoms with van der Waals surface area (Å²) in [5.74, 6) is 0. The van der Waals surface area contributed by atoms with E-state index in [9.17, 15) is 0 Å². The van der Waals surface area contributed by atoms with Gasteiger partial charge in [0.1, 0.15) is 0 Å². The van der Waals surface area contributed by atoms with E-state index in [-0.39, 0.29) is 0 Å². The summed E-state index contributed by atoms with van der Waals surface area (Å²) in [7, 11) is 3.90. The molecule has 0 saturated carbocycles. The Balaban J connectivity index is 1.98. The number of para-hydroxylation sites is 1. The van der Waals surface area contributed by atoms with Gasteiger partial charge in [-0.3, -0.25) is 0 Å². The fourth-order valence-corrected chi connectivity index (χ4v) is 1.87. The van der Waals surface area contributed by atoms with E-state index in [4.69, 9.17) is 4.74 Å². The van der Waals surface area contributed by atoms with Crippen LogP contribution in [0.25, 0.3) is 0 Å². The predicted octanol–water partition coefficient (Wildman–Crippen LogP) is 2.53. The molecule has 1 aromatic rings. The Morgan fingerprint density at radius 1 is 1.06 bits per heavy atom. The summed E-state index contributed by atoms with van der Waals surface area (Å²) in [5.41, 5.74) is 1.29. The second-order valence-electron chi connectivity index (χ2n) is 4.56. The number of rotatable bonds is 10. The Bertz CT molecular complexity index is 290. The molecule has 1 N–H and O–H groups in total. The second-order valence-corrected chi connectivity index (χ2v) is 4.56. The van der Waals surface area contributed by atoms with Crippen LogP contribution < -0.4 is 10.2 Å². The first-order chi connectivity index (χ1) is 8.84. The van der Waals surface area contributed by atoms with Crippen LogP contribution in [0.5, 0.6) is 0 Å². The molecule has 0 aliphatic rings. The first-order valence-electron chi connectivity index (χ1n) is 6.80. The van der Waals surface area contributed by atoms with Crippen molar-refractivity contribution in [2.24, 2.45) is 0 Å². The highest BCUT2D eigenvalue weighted by molar-refractivity contribution is 5.44. The molecule has 102 valence electrons. The van der Waals surface area contributed by atoms with E-state index in [0.29, 0.717) is 0 Å². The second kappa shape index (κ2) is 9.92. The molecule has 3 nitrogen and oxygen atoms in total. The van der Waals surface area contributed by atoms with Gasteiger partial charge in [0.15, 0.2) is 0 Å². The molecule has 0 unspecified atom stereocenters. The maximum Gasteiger partial charge on any atom is 0.0462 e. The van der Waals surface area contributed by atoms with Crippen molar-refractivity contribution in [3.8, 4) is 0 Å². The zero-order valence-corrected chi connectivity index (χ0v) is 11.7. The molecule has 3 heteroatoms. The topological polar surface area (TPSA) is 24.5 Å². The molecule has 0 spiro atoms. The number of nitrogens with one attached hydrogen (secondary N) is 1. The van der Waals surface area contributed by atoms with E-state index in [1.807, 2.05) is 0 Å². The molecule has 0 aliphatic heterocycles. The van der Waals surface area contributed by atoms with Gasteiger partial charge in [-0.25, -0.2) is 0 Å². The average molecular weight is 250 g/mol. The highest BCUT2D eigenvalue weighted by atomic mass is 16.5. The predicted molar refractivity (Wildman–Crippen MR) is 78.3 cm³/mol. The lowest BCUT2D eigenvalue weighted by Gasteiger charge is -2.19. The summed E-state index contributed by atoms with van der Waals surface area (Å²) in [6, 6.07) is 10.5. The number of methoxy groups -OCH3 is 1. The number of unbranched alkanes of at least 4 members (excludes halogenated alkanes) is 1. The molecule has 1 aromatic carbocycles. The van der Waals surface area contributed by atoms with Gasteiger partial charge in [0.05, 0.1) is 0 Å². The lowest BCUT2D eigenvalue weighted by molar-refractivity contribution is 0.192. The molecule has 18 heavy (non-hydrogen) atoms. The molecule has 0 radical (unpaired) electrons. The van der Waals surface area contributed by atoms with Crippen molar-refractivity contribution >= 4 is 5.69 Å². The summed E-state index contributed by atoms with van der Waals surface area (Å²) in [5, 5.41) is 3.47. The first kappa shape index (κ1) is 15.0. The zero-order chi connectivity index (χ0) is 13.1. The number of ether oxygens (including phenoxy) is 1. The minimum atomic E-state index is 0.873. The van der Waals surface area contributed by atoms with Crippen molar-refractivity contribution in [3.63, 3.8) is 0 Å². The van der Waals surface area contributed by atoms with Gasteiger partial charge >= 0.3 is 0 Å². The van der Waals surface area contributed by atoms with Crippen LogP contribution in [0.2, 0.25) is 0 Å². The fraction of sp³-hybridized carbons (Fsp3) is 0.600. The van der Waals surface area contributed by atoms with Crippen LogP contribution in [0.3, 0.4) is 0 Å². The third-order valence-corrected chi connectivity index (χ3v) is 3.00. The third kappa shape index (κ3) is 6.62. The molecule has 0 aromatic heterocycles. The van der Waals surface area contributed by atoms with Crippen LogP contribution in [0.1, 0.15) is 19.3 Å². The Morgan fingerprint density at radius 3 is 2.50 bits per heavy atom. The zero-order valence-electron chi connectivity index (χ0n) is 11.7. The summed E-state index contributed by atoms with van der Waals surface area (Å²) < 4.78 is 5.02. The van der Waals surface area contributed by atoms with Crippen molar-refractivity contribution in [2.45, 2.75) is 19.3 Å². The Morgan fingerprint density at radius 2 is 1.78 bits per heavy atom. The molecular weight excluding hydrogens is 224 g/mol. The van der Waals surface area contributed by atoms with E-state index < -0.39 is 0 Å². The van der Waals surface area contributed by atoms with Crippen LogP contribution in [0.4, 0.5) is 5.69 Å². The van der Waals surface area contributed by atoms with Crippen molar-refractivity contribution < 1.29 is 4.74 Å². The summed E-state index contributed by atoms with van der Waals surface area (Å²) >= 11 is 0. The van der Waals surface area contributed by atoms with Crippen LogP contribution >= 0.6 is 0 Å². The number of hydrogen-bond acceptors (Lipinski definition) is 3. The fourth-order valence-electron chi connectivity index (χ4n) is 1.87. The Kier molecular flexibility index (Phi) is 8.26. The summed E-state index contributed by atoms with van der Waals surface area (Å²) in [4.78, 5) is 2.30. The van der Waals surface area contributed by atoms with Gasteiger partial charge in [-0.1, -0.05) is 18.2 Å². The van der Waals surface area contributed by atoms with Crippen LogP contribution in [-0.4, -0.2) is 40.4 Å². The first-order valence-corrected chi connectivity index (χ1v) is 6.80. The number of anilines is 1. The maximum absolute atomic E-state index is 5.02. The minimum absolute atomic E-state index is 0.873. The van der Waals surface area contributed by atoms with Gasteiger partial charge in [0, 0.05) is 33.0 Å². The number of hydrogen-bond donors (Lipinski definition) is 1. The molecule has 0 heterocycles. The highest BCUT2D eigenvalue weighted by Crippen LogP contribution is 2.10. The molecule has 0 aliphatic carbocycles. The molecule has 0 saturated heterocycles. The van der Waals surface area contributed by atoms with E-state index in [0.717, 1.165) is 32.7 Å². The van der Waals surface area contributed by atoms with Crippen LogP contribution in [0.15, 0.2) is 30.3 Å². The largest absolute Gasteiger partial charge is 0.385 e. The van der Waals surface area contributed by atoms with Gasteiger partial charge in [-0.2, -0.15) is 0 Å². The van der Waals surface area contributed by atoms with Gasteiger partial charge in [0.2, 0.25) is 0 Å². The average Bonchev–Trinajstić information content (AvgIpc) is 2.42. The Labute approximate surface area is 111 Å². The monoisotopic (exact) mass is 250 g/mol. The van der Waals surface area contributed by atoms with E-state index >= 15 is 0 Å². The van der Waals surface area contributed by atoms with E-state index in [2.05, 4.69) is 47.6 Å². The summed E-state index contributed by atoms with van der Waals surface area (Å²) in [6.07, 6.45) is 3.52. The molecule has 0 bridgehead atoms. The summed E-state index contributed by atoms with van der Waals surface area (Å²) in [6.45, 7) is 4.15. The molecule has 1 rings (SSSR count). The van der Waals surface area contributed by atoms with Crippen molar-refractivity contribution in [3.05, 3.63) is 30.3 Å². The van der Waals surface area contributed by atoms with Crippen molar-refractivity contribution in [2.75, 3.05) is 45.3 Å². The molecular formula is C15H26N2O. The Hall–Kier alpha value is -1.06. The van der Waals surface area contributed by atoms with Crippen LogP contribution in [0, 0.1) is 0 Å². The minimum Gasteiger partial charge on any atom is -0.385 e. The van der Waals surface area contributed by atoms with Gasteiger partial charge in [-0.05, 0) is 44.5 Å². The third-order valence-electron chi connectivity index (χ3n) is 3.00. The standard InChI is InChI=1S/C15H26N2O/c1-17(15-9-4-3-5-10-15)13-8-12-16-11-6-7-14-18-2/h3-5,9-10,16H,6-8,11-14H2,1-2H3. The smallest absolute Gasteiger partial charge is 0.0462 e. The number of nitrogens with zero attached hydrogens (tertiary/aromatic N) is 1. The van der Waals surface area contributed by atoms with Crippen molar-refractivity contribution in [1.82, 2.24) is 5.32 Å². The highest BCUT2D eigenvalue weighted by Gasteiger charge is 1.98. The molecule has 0 atom stereocenters. The number of benzene rings is 1. The van der Waals surface area contributed by atoms with Gasteiger partial charge < -0.3 is 15.0 Å².